The van der Waals surface area contributed by atoms with E-state index in [1.54, 1.807) is 20.9 Å². The van der Waals surface area contributed by atoms with Gasteiger partial charge in [0.25, 0.3) is 0 Å². The number of amides is 1. The fourth-order valence-electron chi connectivity index (χ4n) is 2.74. The van der Waals surface area contributed by atoms with Gasteiger partial charge >= 0.3 is 5.97 Å². The molecule has 1 rings (SSSR count). The summed E-state index contributed by atoms with van der Waals surface area (Å²) in [4.78, 5) is 24.7. The number of aliphatic carboxylic acids is 1. The number of carbonyl (C=O) groups is 2. The predicted molar refractivity (Wildman–Crippen MR) is 74.8 cm³/mol. The quantitative estimate of drug-likeness (QED) is 0.835. The fourth-order valence-corrected chi connectivity index (χ4v) is 2.74. The topological polar surface area (TPSA) is 57.6 Å². The Bertz CT molecular complexity index is 332. The molecule has 1 unspecified atom stereocenters. The maximum absolute atomic E-state index is 12.2. The van der Waals surface area contributed by atoms with Crippen LogP contribution in [0.15, 0.2) is 0 Å². The van der Waals surface area contributed by atoms with Crippen LogP contribution in [0.1, 0.15) is 59.3 Å². The molecule has 0 aliphatic heterocycles. The van der Waals surface area contributed by atoms with E-state index >= 15 is 0 Å². The van der Waals surface area contributed by atoms with Crippen LogP contribution in [0.4, 0.5) is 0 Å². The van der Waals surface area contributed by atoms with Gasteiger partial charge in [0.05, 0.1) is 0 Å². The molecule has 1 aliphatic rings. The van der Waals surface area contributed by atoms with E-state index < -0.39 is 11.5 Å². The highest BCUT2D eigenvalue weighted by molar-refractivity contribution is 5.86. The first-order chi connectivity index (χ1) is 8.76. The minimum Gasteiger partial charge on any atom is -0.480 e. The summed E-state index contributed by atoms with van der Waals surface area (Å²) in [5.74, 6) is -0.0574. The molecule has 0 radical (unpaired) electrons. The Kier molecular flexibility index (Phi) is 5.39. The third-order valence-corrected chi connectivity index (χ3v) is 4.69. The summed E-state index contributed by atoms with van der Waals surface area (Å²) in [5, 5.41) is 9.15. The van der Waals surface area contributed by atoms with Crippen LogP contribution < -0.4 is 0 Å². The van der Waals surface area contributed by atoms with Crippen LogP contribution in [0.3, 0.4) is 0 Å². The molecule has 0 heterocycles. The predicted octanol–water partition coefficient (Wildman–Crippen LogP) is 2.91. The zero-order valence-corrected chi connectivity index (χ0v) is 12.6. The maximum atomic E-state index is 12.2. The molecule has 1 fully saturated rings. The van der Waals surface area contributed by atoms with E-state index in [0.29, 0.717) is 18.3 Å². The number of hydrogen-bond donors (Lipinski definition) is 1. The first kappa shape index (κ1) is 16.0. The number of carboxylic acid groups (broad SMARTS) is 1. The normalized spacial score (nSPS) is 18.9. The molecule has 19 heavy (non-hydrogen) atoms. The molecule has 4 heteroatoms. The molecule has 4 nitrogen and oxygen atoms in total. The molecule has 1 saturated carbocycles. The monoisotopic (exact) mass is 269 g/mol. The molecule has 1 aliphatic carbocycles. The molecule has 0 saturated heterocycles. The van der Waals surface area contributed by atoms with E-state index in [1.807, 2.05) is 0 Å². The highest BCUT2D eigenvalue weighted by Crippen LogP contribution is 2.32. The van der Waals surface area contributed by atoms with E-state index in [0.717, 1.165) is 0 Å². The summed E-state index contributed by atoms with van der Waals surface area (Å²) in [6, 6.07) is 0. The van der Waals surface area contributed by atoms with Crippen molar-refractivity contribution in [2.45, 2.75) is 64.8 Å². The van der Waals surface area contributed by atoms with E-state index in [9.17, 15) is 9.59 Å². The molecule has 1 amide bonds. The molecule has 1 N–H and O–H groups in total. The van der Waals surface area contributed by atoms with Crippen molar-refractivity contribution < 1.29 is 14.7 Å². The van der Waals surface area contributed by atoms with E-state index in [2.05, 4.69) is 6.92 Å². The minimum absolute atomic E-state index is 0.0644. The Labute approximate surface area is 116 Å². The van der Waals surface area contributed by atoms with Gasteiger partial charge in [-0.2, -0.15) is 0 Å². The lowest BCUT2D eigenvalue weighted by Crippen LogP contribution is -2.51. The number of hydrogen-bond acceptors (Lipinski definition) is 2. The second-order valence-electron chi connectivity index (χ2n) is 6.40. The summed E-state index contributed by atoms with van der Waals surface area (Å²) in [7, 11) is 1.59. The van der Waals surface area contributed by atoms with Crippen LogP contribution in [-0.2, 0) is 9.59 Å². The Morgan fingerprint density at radius 1 is 1.26 bits per heavy atom. The van der Waals surface area contributed by atoms with Gasteiger partial charge in [-0.05, 0) is 25.7 Å². The maximum Gasteiger partial charge on any atom is 0.329 e. The van der Waals surface area contributed by atoms with Crippen LogP contribution in [0, 0.1) is 11.8 Å². The Balaban J connectivity index is 2.56. The van der Waals surface area contributed by atoms with Crippen molar-refractivity contribution in [3.63, 3.8) is 0 Å². The van der Waals surface area contributed by atoms with Crippen molar-refractivity contribution in [1.82, 2.24) is 4.90 Å². The highest BCUT2D eigenvalue weighted by Gasteiger charge is 2.36. The first-order valence-electron chi connectivity index (χ1n) is 7.27. The summed E-state index contributed by atoms with van der Waals surface area (Å²) < 4.78 is 0. The number of carbonyl (C=O) groups excluding carboxylic acids is 1. The van der Waals surface area contributed by atoms with Gasteiger partial charge in [-0.15, -0.1) is 0 Å². The molecule has 110 valence electrons. The second kappa shape index (κ2) is 6.40. The zero-order valence-electron chi connectivity index (χ0n) is 12.6. The lowest BCUT2D eigenvalue weighted by molar-refractivity contribution is -0.155. The van der Waals surface area contributed by atoms with Gasteiger partial charge in [-0.1, -0.05) is 39.0 Å². The first-order valence-corrected chi connectivity index (χ1v) is 7.27. The Morgan fingerprint density at radius 2 is 1.79 bits per heavy atom. The molecule has 0 bridgehead atoms. The van der Waals surface area contributed by atoms with Crippen molar-refractivity contribution in [3.05, 3.63) is 0 Å². The number of likely N-dealkylation sites (N-methyl/N-ethyl adjacent to an activating group) is 1. The van der Waals surface area contributed by atoms with E-state index in [1.165, 1.54) is 37.0 Å². The third kappa shape index (κ3) is 3.95. The largest absolute Gasteiger partial charge is 0.480 e. The highest BCUT2D eigenvalue weighted by atomic mass is 16.4. The minimum atomic E-state index is -1.14. The van der Waals surface area contributed by atoms with Crippen molar-refractivity contribution >= 4 is 11.9 Å². The summed E-state index contributed by atoms with van der Waals surface area (Å²) in [5.41, 5.74) is -1.14. The number of rotatable bonds is 5. The lowest BCUT2D eigenvalue weighted by atomic mass is 9.79. The molecule has 0 aromatic rings. The average molecular weight is 269 g/mol. The summed E-state index contributed by atoms with van der Waals surface area (Å²) in [6.45, 7) is 5.26. The molecule has 0 spiro atoms. The van der Waals surface area contributed by atoms with Crippen LogP contribution in [-0.4, -0.2) is 34.5 Å². The summed E-state index contributed by atoms with van der Waals surface area (Å²) in [6.07, 6.45) is 6.71. The van der Waals surface area contributed by atoms with Crippen LogP contribution in [0.25, 0.3) is 0 Å². The fraction of sp³-hybridized carbons (Fsp3) is 0.867. The van der Waals surface area contributed by atoms with Gasteiger partial charge in [0.1, 0.15) is 5.54 Å². The standard InChI is InChI=1S/C15H27NO3/c1-11(12-8-6-5-7-9-12)10-13(17)16(4)15(2,3)14(18)19/h11-12H,5-10H2,1-4H3,(H,18,19). The molecule has 1 atom stereocenters. The van der Waals surface area contributed by atoms with Crippen molar-refractivity contribution in [3.8, 4) is 0 Å². The number of nitrogens with zero attached hydrogens (tertiary/aromatic N) is 1. The van der Waals surface area contributed by atoms with Gasteiger partial charge in [0.2, 0.25) is 5.91 Å². The lowest BCUT2D eigenvalue weighted by Gasteiger charge is -2.34. The molecule has 0 aromatic carbocycles. The van der Waals surface area contributed by atoms with Crippen LogP contribution >= 0.6 is 0 Å². The van der Waals surface area contributed by atoms with Gasteiger partial charge in [0.15, 0.2) is 0 Å². The Hall–Kier alpha value is -1.06. The van der Waals surface area contributed by atoms with Crippen molar-refractivity contribution in [1.29, 1.82) is 0 Å². The molecule has 0 aromatic heterocycles. The second-order valence-corrected chi connectivity index (χ2v) is 6.40. The Morgan fingerprint density at radius 3 is 2.26 bits per heavy atom. The molecular weight excluding hydrogens is 242 g/mol. The molecular formula is C15H27NO3. The number of carboxylic acids is 1. The third-order valence-electron chi connectivity index (χ3n) is 4.69. The van der Waals surface area contributed by atoms with Crippen LogP contribution in [0.5, 0.6) is 0 Å². The van der Waals surface area contributed by atoms with Crippen LogP contribution in [0.2, 0.25) is 0 Å². The van der Waals surface area contributed by atoms with E-state index in [4.69, 9.17) is 5.11 Å². The van der Waals surface area contributed by atoms with Gasteiger partial charge in [-0.3, -0.25) is 4.79 Å². The average Bonchev–Trinajstić information content (AvgIpc) is 2.38. The van der Waals surface area contributed by atoms with Crippen molar-refractivity contribution in [2.24, 2.45) is 11.8 Å². The van der Waals surface area contributed by atoms with Gasteiger partial charge in [0, 0.05) is 13.5 Å². The van der Waals surface area contributed by atoms with Gasteiger partial charge < -0.3 is 10.0 Å². The van der Waals surface area contributed by atoms with Crippen molar-refractivity contribution in [2.75, 3.05) is 7.05 Å². The SMILES string of the molecule is CC(CC(=O)N(C)C(C)(C)C(=O)O)C1CCCCC1. The van der Waals surface area contributed by atoms with E-state index in [-0.39, 0.29) is 5.91 Å². The smallest absolute Gasteiger partial charge is 0.329 e. The van der Waals surface area contributed by atoms with Gasteiger partial charge in [-0.25, -0.2) is 4.79 Å². The zero-order chi connectivity index (χ0) is 14.6. The summed E-state index contributed by atoms with van der Waals surface area (Å²) >= 11 is 0.